The van der Waals surface area contributed by atoms with E-state index in [2.05, 4.69) is 31.4 Å². The zero-order valence-electron chi connectivity index (χ0n) is 18.6. The molecule has 0 spiro atoms. The number of aromatic nitrogens is 5. The average Bonchev–Trinajstić information content (AvgIpc) is 3.47. The lowest BCUT2D eigenvalue weighted by Gasteiger charge is -2.13. The van der Waals surface area contributed by atoms with E-state index in [-0.39, 0.29) is 5.56 Å². The van der Waals surface area contributed by atoms with Crippen molar-refractivity contribution in [2.45, 2.75) is 6.42 Å². The first-order valence-electron chi connectivity index (χ1n) is 10.7. The normalized spacial score (nSPS) is 11.3. The van der Waals surface area contributed by atoms with Crippen LogP contribution in [0.4, 0.5) is 10.2 Å². The largest absolute Gasteiger partial charge is 0.370 e. The van der Waals surface area contributed by atoms with Crippen molar-refractivity contribution in [3.63, 3.8) is 0 Å². The molecule has 1 amide bonds. The van der Waals surface area contributed by atoms with Gasteiger partial charge in [0.2, 0.25) is 0 Å². The van der Waals surface area contributed by atoms with Crippen LogP contribution in [0.3, 0.4) is 0 Å². The van der Waals surface area contributed by atoms with Crippen molar-refractivity contribution in [3.8, 4) is 11.3 Å². The molecule has 0 atom stereocenters. The van der Waals surface area contributed by atoms with Crippen molar-refractivity contribution < 1.29 is 14.0 Å². The number of carbonyl (C=O) groups is 1. The Balaban J connectivity index is 1.51. The maximum Gasteiger partial charge on any atom is 0.282 e. The second kappa shape index (κ2) is 8.91. The number of fused-ring (bicyclic) bond motifs is 2. The van der Waals surface area contributed by atoms with Crippen LogP contribution in [-0.2, 0) is 11.3 Å². The number of nitrogens with one attached hydrogen (secondary N) is 2. The lowest BCUT2D eigenvalue weighted by molar-refractivity contribution is -0.0755. The number of H-pyrrole nitrogens is 1. The van der Waals surface area contributed by atoms with Crippen molar-refractivity contribution in [3.05, 3.63) is 78.1 Å². The number of pyridine rings is 1. The van der Waals surface area contributed by atoms with Crippen molar-refractivity contribution in [1.82, 2.24) is 29.6 Å². The molecule has 10 heteroatoms. The lowest BCUT2D eigenvalue weighted by atomic mass is 10.1. The standard InChI is InChI=1S/C24H22FN7O2/c1-31(34-2)24(33)19-14-29-32-22(10-21(30-23(19)32)16-9-17(25)13-26-11-16)27-8-7-15-12-28-20-6-4-3-5-18(15)20/h3-6,9-14,27-28H,7-8H2,1-2H3. The number of anilines is 1. The van der Waals surface area contributed by atoms with Gasteiger partial charge in [-0.1, -0.05) is 18.2 Å². The van der Waals surface area contributed by atoms with Gasteiger partial charge in [0.05, 0.1) is 25.2 Å². The average molecular weight is 459 g/mol. The molecule has 4 heterocycles. The lowest BCUT2D eigenvalue weighted by Crippen LogP contribution is -2.25. The van der Waals surface area contributed by atoms with Gasteiger partial charge in [-0.3, -0.25) is 14.6 Å². The monoisotopic (exact) mass is 459 g/mol. The Labute approximate surface area is 194 Å². The molecule has 0 saturated heterocycles. The van der Waals surface area contributed by atoms with Crippen molar-refractivity contribution in [2.24, 2.45) is 0 Å². The molecule has 4 aromatic heterocycles. The molecule has 5 aromatic rings. The molecule has 0 aliphatic rings. The van der Waals surface area contributed by atoms with E-state index in [1.165, 1.54) is 43.6 Å². The maximum atomic E-state index is 13.9. The minimum absolute atomic E-state index is 0.259. The molecular formula is C24H22FN7O2. The van der Waals surface area contributed by atoms with Crippen LogP contribution in [0.5, 0.6) is 0 Å². The summed E-state index contributed by atoms with van der Waals surface area (Å²) in [6, 6.07) is 11.2. The van der Waals surface area contributed by atoms with Crippen LogP contribution in [0.2, 0.25) is 0 Å². The van der Waals surface area contributed by atoms with Crippen LogP contribution in [0.25, 0.3) is 27.8 Å². The fraction of sp³-hybridized carbons (Fsp3) is 0.167. The van der Waals surface area contributed by atoms with Gasteiger partial charge in [-0.2, -0.15) is 9.61 Å². The summed E-state index contributed by atoms with van der Waals surface area (Å²) in [5.74, 6) is -0.260. The number of hydroxylamine groups is 2. The molecule has 34 heavy (non-hydrogen) atoms. The van der Waals surface area contributed by atoms with E-state index in [0.717, 1.165) is 23.2 Å². The third kappa shape index (κ3) is 3.95. The molecule has 5 rings (SSSR count). The molecule has 0 saturated carbocycles. The second-order valence-corrected chi connectivity index (χ2v) is 7.73. The van der Waals surface area contributed by atoms with E-state index in [0.29, 0.717) is 29.3 Å². The van der Waals surface area contributed by atoms with Crippen molar-refractivity contribution >= 4 is 28.3 Å². The number of carbonyl (C=O) groups excluding carboxylic acids is 1. The molecule has 0 aliphatic heterocycles. The van der Waals surface area contributed by atoms with Gasteiger partial charge in [0.1, 0.15) is 17.2 Å². The van der Waals surface area contributed by atoms with Crippen LogP contribution in [0, 0.1) is 5.82 Å². The predicted octanol–water partition coefficient (Wildman–Crippen LogP) is 3.70. The molecule has 0 aliphatic carbocycles. The van der Waals surface area contributed by atoms with E-state index < -0.39 is 11.7 Å². The fourth-order valence-electron chi connectivity index (χ4n) is 3.86. The minimum atomic E-state index is -0.475. The Hall–Kier alpha value is -4.31. The van der Waals surface area contributed by atoms with Gasteiger partial charge in [-0.05, 0) is 24.1 Å². The van der Waals surface area contributed by atoms with Crippen LogP contribution < -0.4 is 5.32 Å². The molecule has 0 radical (unpaired) electrons. The number of aromatic amines is 1. The minimum Gasteiger partial charge on any atom is -0.370 e. The number of amides is 1. The van der Waals surface area contributed by atoms with E-state index in [1.807, 2.05) is 24.4 Å². The summed E-state index contributed by atoms with van der Waals surface area (Å²) in [6.45, 7) is 0.600. The summed E-state index contributed by atoms with van der Waals surface area (Å²) < 4.78 is 15.4. The van der Waals surface area contributed by atoms with Gasteiger partial charge < -0.3 is 10.3 Å². The highest BCUT2D eigenvalue weighted by Gasteiger charge is 2.21. The summed E-state index contributed by atoms with van der Waals surface area (Å²) in [5, 5.41) is 10.0. The molecule has 0 unspecified atom stereocenters. The Kier molecular flexibility index (Phi) is 5.64. The summed E-state index contributed by atoms with van der Waals surface area (Å²) in [6.07, 6.45) is 6.85. The number of nitrogens with zero attached hydrogens (tertiary/aromatic N) is 5. The first kappa shape index (κ1) is 21.5. The first-order chi connectivity index (χ1) is 16.5. The van der Waals surface area contributed by atoms with Gasteiger partial charge in [-0.15, -0.1) is 0 Å². The topological polar surface area (TPSA) is 100 Å². The number of benzene rings is 1. The molecule has 172 valence electrons. The van der Waals surface area contributed by atoms with Gasteiger partial charge in [0.25, 0.3) is 5.91 Å². The highest BCUT2D eigenvalue weighted by molar-refractivity contribution is 5.99. The third-order valence-electron chi connectivity index (χ3n) is 5.64. The van der Waals surface area contributed by atoms with E-state index >= 15 is 0 Å². The second-order valence-electron chi connectivity index (χ2n) is 7.73. The highest BCUT2D eigenvalue weighted by atomic mass is 19.1. The Bertz CT molecular complexity index is 1490. The van der Waals surface area contributed by atoms with Gasteiger partial charge in [0, 0.05) is 48.5 Å². The Morgan fingerprint density at radius 2 is 2.09 bits per heavy atom. The Morgan fingerprint density at radius 1 is 1.24 bits per heavy atom. The zero-order chi connectivity index (χ0) is 23.7. The molecule has 0 bridgehead atoms. The molecule has 0 fully saturated rings. The smallest absolute Gasteiger partial charge is 0.282 e. The molecule has 1 aromatic carbocycles. The summed E-state index contributed by atoms with van der Waals surface area (Å²) in [5.41, 5.74) is 3.80. The number of halogens is 1. The summed E-state index contributed by atoms with van der Waals surface area (Å²) in [7, 11) is 2.91. The first-order valence-corrected chi connectivity index (χ1v) is 10.7. The number of hydrogen-bond acceptors (Lipinski definition) is 6. The maximum absolute atomic E-state index is 13.9. The zero-order valence-corrected chi connectivity index (χ0v) is 18.6. The van der Waals surface area contributed by atoms with Gasteiger partial charge in [0.15, 0.2) is 5.65 Å². The summed E-state index contributed by atoms with van der Waals surface area (Å²) in [4.78, 5) is 29.6. The predicted molar refractivity (Wildman–Crippen MR) is 126 cm³/mol. The number of hydrogen-bond donors (Lipinski definition) is 2. The number of para-hydroxylation sites is 1. The van der Waals surface area contributed by atoms with E-state index in [9.17, 15) is 9.18 Å². The molecule has 9 nitrogen and oxygen atoms in total. The molecule has 2 N–H and O–H groups in total. The van der Waals surface area contributed by atoms with Gasteiger partial charge in [-0.25, -0.2) is 14.4 Å². The summed E-state index contributed by atoms with van der Waals surface area (Å²) >= 11 is 0. The van der Waals surface area contributed by atoms with Crippen molar-refractivity contribution in [2.75, 3.05) is 26.0 Å². The van der Waals surface area contributed by atoms with Crippen LogP contribution >= 0.6 is 0 Å². The SMILES string of the molecule is CON(C)C(=O)c1cnn2c(NCCc3c[nH]c4ccccc34)cc(-c3cncc(F)c3)nc12. The fourth-order valence-corrected chi connectivity index (χ4v) is 3.86. The van der Waals surface area contributed by atoms with Crippen LogP contribution in [-0.4, -0.2) is 56.2 Å². The van der Waals surface area contributed by atoms with Crippen LogP contribution in [0.1, 0.15) is 15.9 Å². The third-order valence-corrected chi connectivity index (χ3v) is 5.64. The van der Waals surface area contributed by atoms with Crippen LogP contribution in [0.15, 0.2) is 61.2 Å². The van der Waals surface area contributed by atoms with E-state index in [4.69, 9.17) is 4.84 Å². The van der Waals surface area contributed by atoms with Crippen molar-refractivity contribution in [1.29, 1.82) is 0 Å². The molecular weight excluding hydrogens is 437 g/mol. The number of rotatable bonds is 7. The Morgan fingerprint density at radius 3 is 2.91 bits per heavy atom. The quantitative estimate of drug-likeness (QED) is 0.360. The van der Waals surface area contributed by atoms with Gasteiger partial charge >= 0.3 is 0 Å². The van der Waals surface area contributed by atoms with E-state index in [1.54, 1.807) is 10.6 Å². The highest BCUT2D eigenvalue weighted by Crippen LogP contribution is 2.25.